The van der Waals surface area contributed by atoms with Crippen LogP contribution >= 0.6 is 23.1 Å². The van der Waals surface area contributed by atoms with Crippen molar-refractivity contribution in [1.82, 2.24) is 24.3 Å². The van der Waals surface area contributed by atoms with Gasteiger partial charge in [-0.05, 0) is 26.8 Å². The van der Waals surface area contributed by atoms with Gasteiger partial charge < -0.3 is 4.57 Å². The second-order valence-corrected chi connectivity index (χ2v) is 6.86. The minimum Gasteiger partial charge on any atom is -0.309 e. The molecule has 0 atom stereocenters. The van der Waals surface area contributed by atoms with E-state index in [0.717, 1.165) is 33.8 Å². The molecule has 0 N–H and O–H groups in total. The summed E-state index contributed by atoms with van der Waals surface area (Å²) in [5.41, 5.74) is 2.69. The van der Waals surface area contributed by atoms with Crippen molar-refractivity contribution in [3.8, 4) is 5.13 Å². The minimum atomic E-state index is 0.0940. The minimum absolute atomic E-state index is 0.0940. The number of hydrogen-bond acceptors (Lipinski definition) is 6. The molecule has 0 spiro atoms. The lowest BCUT2D eigenvalue weighted by atomic mass is 10.2. The first-order valence-corrected chi connectivity index (χ1v) is 9.11. The highest BCUT2D eigenvalue weighted by atomic mass is 32.2. The molecule has 0 bridgehead atoms. The van der Waals surface area contributed by atoms with Crippen molar-refractivity contribution in [1.29, 1.82) is 0 Å². The number of carbonyl (C=O) groups is 1. The second-order valence-electron chi connectivity index (χ2n) is 5.05. The van der Waals surface area contributed by atoms with Crippen LogP contribution in [0.25, 0.3) is 5.13 Å². The Bertz CT molecular complexity index is 819. The van der Waals surface area contributed by atoms with Crippen molar-refractivity contribution in [2.45, 2.75) is 32.5 Å². The molecule has 6 nitrogen and oxygen atoms in total. The van der Waals surface area contributed by atoms with Crippen LogP contribution in [-0.2, 0) is 6.54 Å². The van der Waals surface area contributed by atoms with E-state index in [1.807, 2.05) is 41.4 Å². The van der Waals surface area contributed by atoms with Crippen molar-refractivity contribution in [2.75, 3.05) is 5.75 Å². The van der Waals surface area contributed by atoms with Crippen molar-refractivity contribution in [3.05, 3.63) is 40.9 Å². The predicted molar refractivity (Wildman–Crippen MR) is 91.7 cm³/mol. The fraction of sp³-hybridized carbons (Fsp3) is 0.333. The van der Waals surface area contributed by atoms with Gasteiger partial charge in [-0.1, -0.05) is 11.8 Å². The van der Waals surface area contributed by atoms with E-state index in [9.17, 15) is 4.79 Å². The van der Waals surface area contributed by atoms with Gasteiger partial charge in [-0.25, -0.2) is 4.98 Å². The third-order valence-electron chi connectivity index (χ3n) is 3.60. The summed E-state index contributed by atoms with van der Waals surface area (Å²) in [5.74, 6) is 0.442. The van der Waals surface area contributed by atoms with Gasteiger partial charge in [0.2, 0.25) is 0 Å². The number of thiazole rings is 1. The van der Waals surface area contributed by atoms with Gasteiger partial charge in [0.05, 0.1) is 5.75 Å². The van der Waals surface area contributed by atoms with E-state index in [1.54, 1.807) is 23.9 Å². The number of ketones is 1. The highest BCUT2D eigenvalue weighted by Crippen LogP contribution is 2.24. The van der Waals surface area contributed by atoms with Crippen molar-refractivity contribution >= 4 is 28.9 Å². The summed E-state index contributed by atoms with van der Waals surface area (Å²) in [6.45, 7) is 6.77. The summed E-state index contributed by atoms with van der Waals surface area (Å²) >= 11 is 2.98. The van der Waals surface area contributed by atoms with Crippen LogP contribution in [0.5, 0.6) is 0 Å². The van der Waals surface area contributed by atoms with Gasteiger partial charge in [-0.3, -0.25) is 9.36 Å². The molecule has 0 saturated carbocycles. The zero-order valence-corrected chi connectivity index (χ0v) is 14.8. The van der Waals surface area contributed by atoms with E-state index < -0.39 is 0 Å². The first-order chi connectivity index (χ1) is 11.1. The number of aromatic nitrogens is 5. The van der Waals surface area contributed by atoms with E-state index in [4.69, 9.17) is 0 Å². The van der Waals surface area contributed by atoms with Gasteiger partial charge in [0.15, 0.2) is 16.1 Å². The maximum atomic E-state index is 12.6. The monoisotopic (exact) mass is 347 g/mol. The molecule has 0 aliphatic rings. The third-order valence-corrected chi connectivity index (χ3v) is 5.33. The predicted octanol–water partition coefficient (Wildman–Crippen LogP) is 3.14. The fourth-order valence-electron chi connectivity index (χ4n) is 2.45. The molecule has 0 amide bonds. The molecule has 3 aromatic heterocycles. The van der Waals surface area contributed by atoms with Gasteiger partial charge in [0.1, 0.15) is 6.33 Å². The molecule has 23 heavy (non-hydrogen) atoms. The van der Waals surface area contributed by atoms with Gasteiger partial charge in [0.25, 0.3) is 0 Å². The summed E-state index contributed by atoms with van der Waals surface area (Å²) < 4.78 is 3.95. The Hall–Kier alpha value is -1.93. The maximum absolute atomic E-state index is 12.6. The standard InChI is InChI=1S/C15H17N5OS2/c1-4-19-9-17-18-15(19)23-8-13(21)12-7-10(2)20(11(12)3)14-16-5-6-22-14/h5-7,9H,4,8H2,1-3H3. The van der Waals surface area contributed by atoms with Crippen molar-refractivity contribution in [2.24, 2.45) is 0 Å². The average molecular weight is 347 g/mol. The van der Waals surface area contributed by atoms with Gasteiger partial charge >= 0.3 is 0 Å². The molecule has 3 rings (SSSR count). The Morgan fingerprint density at radius 3 is 2.91 bits per heavy atom. The molecular formula is C15H17N5OS2. The highest BCUT2D eigenvalue weighted by molar-refractivity contribution is 7.99. The first-order valence-electron chi connectivity index (χ1n) is 7.24. The van der Waals surface area contributed by atoms with E-state index in [2.05, 4.69) is 15.2 Å². The van der Waals surface area contributed by atoms with Crippen LogP contribution in [0.1, 0.15) is 28.7 Å². The lowest BCUT2D eigenvalue weighted by Crippen LogP contribution is -2.06. The largest absolute Gasteiger partial charge is 0.309 e. The molecule has 3 aromatic rings. The third kappa shape index (κ3) is 3.09. The lowest BCUT2D eigenvalue weighted by molar-refractivity contribution is 0.102. The number of aryl methyl sites for hydroxylation is 2. The molecule has 0 unspecified atom stereocenters. The van der Waals surface area contributed by atoms with Crippen LogP contribution in [0.3, 0.4) is 0 Å². The van der Waals surface area contributed by atoms with Crippen LogP contribution in [0.15, 0.2) is 29.1 Å². The number of nitrogens with zero attached hydrogens (tertiary/aromatic N) is 5. The van der Waals surface area contributed by atoms with Crippen LogP contribution in [0, 0.1) is 13.8 Å². The van der Waals surface area contributed by atoms with Crippen LogP contribution in [-0.4, -0.2) is 35.9 Å². The Morgan fingerprint density at radius 2 is 2.22 bits per heavy atom. The summed E-state index contributed by atoms with van der Waals surface area (Å²) in [6, 6.07) is 1.93. The fourth-order valence-corrected chi connectivity index (χ4v) is 4.06. The number of hydrogen-bond donors (Lipinski definition) is 0. The van der Waals surface area contributed by atoms with Crippen molar-refractivity contribution < 1.29 is 4.79 Å². The maximum Gasteiger partial charge on any atom is 0.193 e. The van der Waals surface area contributed by atoms with E-state index in [1.165, 1.54) is 11.8 Å². The Kier molecular flexibility index (Phi) is 4.63. The molecule has 120 valence electrons. The molecule has 3 heterocycles. The van der Waals surface area contributed by atoms with E-state index >= 15 is 0 Å². The SMILES string of the molecule is CCn1cnnc1SCC(=O)c1cc(C)n(-c2nccs2)c1C. The average Bonchev–Trinajstić information content (AvgIpc) is 3.25. The Labute approximate surface area is 142 Å². The van der Waals surface area contributed by atoms with E-state index in [0.29, 0.717) is 5.75 Å². The zero-order chi connectivity index (χ0) is 16.4. The quantitative estimate of drug-likeness (QED) is 0.506. The summed E-state index contributed by atoms with van der Waals surface area (Å²) in [4.78, 5) is 16.9. The molecule has 0 aromatic carbocycles. The number of carbonyl (C=O) groups excluding carboxylic acids is 1. The van der Waals surface area contributed by atoms with E-state index in [-0.39, 0.29) is 5.78 Å². The summed E-state index contributed by atoms with van der Waals surface area (Å²) in [7, 11) is 0. The summed E-state index contributed by atoms with van der Waals surface area (Å²) in [6.07, 6.45) is 3.45. The molecule has 8 heteroatoms. The van der Waals surface area contributed by atoms with Crippen LogP contribution in [0.2, 0.25) is 0 Å². The Morgan fingerprint density at radius 1 is 1.39 bits per heavy atom. The van der Waals surface area contributed by atoms with Gasteiger partial charge in [0, 0.05) is 35.1 Å². The number of rotatable bonds is 6. The number of thioether (sulfide) groups is 1. The molecule has 0 saturated heterocycles. The van der Waals surface area contributed by atoms with Gasteiger partial charge in [-0.2, -0.15) is 0 Å². The normalized spacial score (nSPS) is 11.1. The molecule has 0 fully saturated rings. The lowest BCUT2D eigenvalue weighted by Gasteiger charge is -2.05. The van der Waals surface area contributed by atoms with Gasteiger partial charge in [-0.15, -0.1) is 21.5 Å². The van der Waals surface area contributed by atoms with Crippen LogP contribution < -0.4 is 0 Å². The van der Waals surface area contributed by atoms with Crippen molar-refractivity contribution in [3.63, 3.8) is 0 Å². The first kappa shape index (κ1) is 15.9. The molecule has 0 aliphatic heterocycles. The van der Waals surface area contributed by atoms with Crippen LogP contribution in [0.4, 0.5) is 0 Å². The summed E-state index contributed by atoms with van der Waals surface area (Å²) in [5, 5.41) is 11.5. The molecular weight excluding hydrogens is 330 g/mol. The Balaban J connectivity index is 1.79. The smallest absolute Gasteiger partial charge is 0.193 e. The zero-order valence-electron chi connectivity index (χ0n) is 13.2. The highest BCUT2D eigenvalue weighted by Gasteiger charge is 2.18. The topological polar surface area (TPSA) is 65.6 Å². The molecule has 0 radical (unpaired) electrons. The second kappa shape index (κ2) is 6.67. The molecule has 0 aliphatic carbocycles. The number of Topliss-reactive ketones (excluding diaryl/α,β-unsaturated/α-hetero) is 1.